The third-order valence-corrected chi connectivity index (χ3v) is 4.84. The van der Waals surface area contributed by atoms with E-state index in [2.05, 4.69) is 15.6 Å². The van der Waals surface area contributed by atoms with Gasteiger partial charge in [-0.1, -0.05) is 29.3 Å². The molecule has 5 nitrogen and oxygen atoms in total. The molecule has 1 aromatic carbocycles. The monoisotopic (exact) mass is 393 g/mol. The molecule has 2 aromatic rings. The Morgan fingerprint density at radius 1 is 1.27 bits per heavy atom. The molecule has 2 N–H and O–H groups in total. The highest BCUT2D eigenvalue weighted by atomic mass is 35.5. The summed E-state index contributed by atoms with van der Waals surface area (Å²) in [5.74, 6) is 0.534. The Balaban J connectivity index is 1.50. The highest BCUT2D eigenvalue weighted by Crippen LogP contribution is 2.21. The molecule has 2 heterocycles. The largest absolute Gasteiger partial charge is 0.376 e. The fraction of sp³-hybridized carbons (Fsp3) is 0.368. The van der Waals surface area contributed by atoms with Crippen molar-refractivity contribution < 1.29 is 9.53 Å². The maximum atomic E-state index is 12.3. The molecule has 1 aliphatic heterocycles. The minimum atomic E-state index is -0.141. The van der Waals surface area contributed by atoms with Crippen molar-refractivity contribution in [2.24, 2.45) is 0 Å². The second kappa shape index (κ2) is 9.21. The minimum Gasteiger partial charge on any atom is -0.376 e. The Morgan fingerprint density at radius 2 is 2.15 bits per heavy atom. The van der Waals surface area contributed by atoms with Gasteiger partial charge in [-0.05, 0) is 49.1 Å². The number of carbonyl (C=O) groups is 1. The SMILES string of the molecule is O=C(NCCc1ccc(Cl)cc1Cl)c1ccnc(NCC2CCCO2)c1. The molecule has 1 aliphatic rings. The number of hydrogen-bond acceptors (Lipinski definition) is 4. The van der Waals surface area contributed by atoms with Crippen molar-refractivity contribution in [3.63, 3.8) is 0 Å². The molecule has 3 rings (SSSR count). The number of nitrogens with zero attached hydrogens (tertiary/aromatic N) is 1. The first kappa shape index (κ1) is 19.0. The van der Waals surface area contributed by atoms with Gasteiger partial charge in [0.25, 0.3) is 5.91 Å². The normalized spacial score (nSPS) is 16.5. The van der Waals surface area contributed by atoms with E-state index in [9.17, 15) is 4.79 Å². The molecule has 1 saturated heterocycles. The molecule has 7 heteroatoms. The van der Waals surface area contributed by atoms with E-state index in [0.29, 0.717) is 40.9 Å². The summed E-state index contributed by atoms with van der Waals surface area (Å²) >= 11 is 12.0. The van der Waals surface area contributed by atoms with Crippen LogP contribution >= 0.6 is 23.2 Å². The van der Waals surface area contributed by atoms with Gasteiger partial charge in [0, 0.05) is 41.5 Å². The first-order valence-electron chi connectivity index (χ1n) is 8.65. The third kappa shape index (κ3) is 5.34. The lowest BCUT2D eigenvalue weighted by molar-refractivity contribution is 0.0954. The summed E-state index contributed by atoms with van der Waals surface area (Å²) in [7, 11) is 0. The van der Waals surface area contributed by atoms with Gasteiger partial charge in [-0.3, -0.25) is 4.79 Å². The number of aromatic nitrogens is 1. The van der Waals surface area contributed by atoms with Crippen LogP contribution in [-0.2, 0) is 11.2 Å². The number of pyridine rings is 1. The Bertz CT molecular complexity index is 764. The van der Waals surface area contributed by atoms with Crippen molar-refractivity contribution in [3.05, 3.63) is 57.7 Å². The zero-order valence-corrected chi connectivity index (χ0v) is 15.8. The van der Waals surface area contributed by atoms with E-state index < -0.39 is 0 Å². The zero-order valence-electron chi connectivity index (χ0n) is 14.3. The van der Waals surface area contributed by atoms with Gasteiger partial charge in [0.15, 0.2) is 0 Å². The number of carbonyl (C=O) groups excluding carboxylic acids is 1. The van der Waals surface area contributed by atoms with Crippen LogP contribution < -0.4 is 10.6 Å². The van der Waals surface area contributed by atoms with Gasteiger partial charge in [0.1, 0.15) is 5.82 Å². The molecule has 1 atom stereocenters. The highest BCUT2D eigenvalue weighted by Gasteiger charge is 2.15. The van der Waals surface area contributed by atoms with Gasteiger partial charge in [0.05, 0.1) is 6.10 Å². The molecule has 1 aromatic heterocycles. The van der Waals surface area contributed by atoms with Crippen LogP contribution in [0.2, 0.25) is 10.0 Å². The molecule has 26 heavy (non-hydrogen) atoms. The zero-order chi connectivity index (χ0) is 18.4. The fourth-order valence-electron chi connectivity index (χ4n) is 2.83. The second-order valence-electron chi connectivity index (χ2n) is 6.19. The topological polar surface area (TPSA) is 63.2 Å². The second-order valence-corrected chi connectivity index (χ2v) is 7.03. The molecular weight excluding hydrogens is 373 g/mol. The molecule has 1 fully saturated rings. The summed E-state index contributed by atoms with van der Waals surface area (Å²) in [5.41, 5.74) is 1.52. The smallest absolute Gasteiger partial charge is 0.251 e. The van der Waals surface area contributed by atoms with Gasteiger partial charge in [-0.15, -0.1) is 0 Å². The van der Waals surface area contributed by atoms with Crippen molar-refractivity contribution >= 4 is 34.9 Å². The van der Waals surface area contributed by atoms with Crippen LogP contribution in [0.3, 0.4) is 0 Å². The van der Waals surface area contributed by atoms with Crippen LogP contribution in [0.4, 0.5) is 5.82 Å². The van der Waals surface area contributed by atoms with E-state index in [-0.39, 0.29) is 12.0 Å². The predicted octanol–water partition coefficient (Wildman–Crippen LogP) is 3.95. The number of halogens is 2. The van der Waals surface area contributed by atoms with Gasteiger partial charge in [-0.2, -0.15) is 0 Å². The van der Waals surface area contributed by atoms with Gasteiger partial charge in [-0.25, -0.2) is 4.98 Å². The van der Waals surface area contributed by atoms with Crippen molar-refractivity contribution in [1.82, 2.24) is 10.3 Å². The van der Waals surface area contributed by atoms with Crippen LogP contribution in [0.1, 0.15) is 28.8 Å². The summed E-state index contributed by atoms with van der Waals surface area (Å²) in [4.78, 5) is 16.6. The minimum absolute atomic E-state index is 0.141. The summed E-state index contributed by atoms with van der Waals surface area (Å²) in [6.45, 7) is 2.01. The Hall–Kier alpha value is -1.82. The van der Waals surface area contributed by atoms with E-state index in [4.69, 9.17) is 27.9 Å². The number of anilines is 1. The predicted molar refractivity (Wildman–Crippen MR) is 104 cm³/mol. The first-order chi connectivity index (χ1) is 12.6. The van der Waals surface area contributed by atoms with Crippen molar-refractivity contribution in [2.75, 3.05) is 25.0 Å². The Labute approximate surface area is 163 Å². The van der Waals surface area contributed by atoms with E-state index in [1.807, 2.05) is 6.07 Å². The fourth-order valence-corrected chi connectivity index (χ4v) is 3.33. The maximum absolute atomic E-state index is 12.3. The number of hydrogen-bond donors (Lipinski definition) is 2. The number of amides is 1. The average molecular weight is 394 g/mol. The number of nitrogens with one attached hydrogen (secondary N) is 2. The first-order valence-corrected chi connectivity index (χ1v) is 9.41. The molecule has 0 aliphatic carbocycles. The van der Waals surface area contributed by atoms with Crippen LogP contribution in [-0.4, -0.2) is 36.7 Å². The van der Waals surface area contributed by atoms with Crippen LogP contribution in [0, 0.1) is 0 Å². The molecule has 1 amide bonds. The summed E-state index contributed by atoms with van der Waals surface area (Å²) in [5, 5.41) is 7.34. The molecule has 0 spiro atoms. The van der Waals surface area contributed by atoms with Crippen LogP contribution in [0.25, 0.3) is 0 Å². The molecule has 1 unspecified atom stereocenters. The lowest BCUT2D eigenvalue weighted by atomic mass is 10.1. The van der Waals surface area contributed by atoms with Crippen LogP contribution in [0.5, 0.6) is 0 Å². The summed E-state index contributed by atoms with van der Waals surface area (Å²) in [6.07, 6.45) is 4.64. The standard InChI is InChI=1S/C19H21Cl2N3O2/c20-15-4-3-13(17(21)11-15)5-8-23-19(25)14-6-7-22-18(10-14)24-12-16-2-1-9-26-16/h3-4,6-7,10-11,16H,1-2,5,8-9,12H2,(H,22,24)(H,23,25). The lowest BCUT2D eigenvalue weighted by Crippen LogP contribution is -2.26. The molecule has 138 valence electrons. The average Bonchev–Trinajstić information content (AvgIpc) is 3.15. The lowest BCUT2D eigenvalue weighted by Gasteiger charge is -2.12. The summed E-state index contributed by atoms with van der Waals surface area (Å²) in [6, 6.07) is 8.81. The van der Waals surface area contributed by atoms with Gasteiger partial charge in [0.2, 0.25) is 0 Å². The third-order valence-electron chi connectivity index (χ3n) is 4.25. The van der Waals surface area contributed by atoms with E-state index in [0.717, 1.165) is 25.0 Å². The highest BCUT2D eigenvalue weighted by molar-refractivity contribution is 6.35. The molecule has 0 bridgehead atoms. The Morgan fingerprint density at radius 3 is 2.92 bits per heavy atom. The van der Waals surface area contributed by atoms with Crippen molar-refractivity contribution in [3.8, 4) is 0 Å². The van der Waals surface area contributed by atoms with Gasteiger partial charge >= 0.3 is 0 Å². The number of rotatable bonds is 7. The van der Waals surface area contributed by atoms with E-state index in [1.54, 1.807) is 30.5 Å². The van der Waals surface area contributed by atoms with E-state index >= 15 is 0 Å². The number of benzene rings is 1. The quantitative estimate of drug-likeness (QED) is 0.747. The molecular formula is C19H21Cl2N3O2. The van der Waals surface area contributed by atoms with Gasteiger partial charge < -0.3 is 15.4 Å². The maximum Gasteiger partial charge on any atom is 0.251 e. The Kier molecular flexibility index (Phi) is 6.72. The van der Waals surface area contributed by atoms with Crippen LogP contribution in [0.15, 0.2) is 36.5 Å². The summed E-state index contributed by atoms with van der Waals surface area (Å²) < 4.78 is 5.58. The molecule has 0 saturated carbocycles. The molecule has 0 radical (unpaired) electrons. The van der Waals surface area contributed by atoms with Crippen molar-refractivity contribution in [2.45, 2.75) is 25.4 Å². The van der Waals surface area contributed by atoms with Crippen molar-refractivity contribution in [1.29, 1.82) is 0 Å². The number of ether oxygens (including phenoxy) is 1. The van der Waals surface area contributed by atoms with E-state index in [1.165, 1.54) is 0 Å².